The lowest BCUT2D eigenvalue weighted by molar-refractivity contribution is 0.311. The summed E-state index contributed by atoms with van der Waals surface area (Å²) in [4.78, 5) is 11.5. The molecule has 7 heteroatoms. The maximum absolute atomic E-state index is 6.42. The topological polar surface area (TPSA) is 58.4 Å². The van der Waals surface area contributed by atoms with Crippen LogP contribution in [-0.2, 0) is 0 Å². The molecule has 138 valence electrons. The molecule has 0 aliphatic heterocycles. The van der Waals surface area contributed by atoms with Gasteiger partial charge < -0.3 is 10.2 Å². The zero-order valence-corrected chi connectivity index (χ0v) is 16.3. The van der Waals surface area contributed by atoms with Crippen molar-refractivity contribution in [1.82, 2.24) is 24.5 Å². The first kappa shape index (κ1) is 17.7. The molecule has 0 fully saturated rings. The quantitative estimate of drug-likeness (QED) is 0.568. The van der Waals surface area contributed by atoms with Gasteiger partial charge in [0.15, 0.2) is 5.65 Å². The standard InChI is InChI=1S/C20H21ClN6/c1-13-23-19-15-9-5-7-11-17(15)24-20(27(19)25-13)22-12-18(26(2)3)14-8-4-6-10-16(14)21/h4-11,18H,12H2,1-3H3,(H,22,24). The van der Waals surface area contributed by atoms with E-state index in [-0.39, 0.29) is 6.04 Å². The third-order valence-corrected chi connectivity index (χ3v) is 4.97. The van der Waals surface area contributed by atoms with Crippen molar-refractivity contribution in [2.45, 2.75) is 13.0 Å². The van der Waals surface area contributed by atoms with Crippen molar-refractivity contribution in [3.63, 3.8) is 0 Å². The lowest BCUT2D eigenvalue weighted by Gasteiger charge is -2.26. The van der Waals surface area contributed by atoms with Gasteiger partial charge in [0.2, 0.25) is 5.95 Å². The molecule has 1 unspecified atom stereocenters. The summed E-state index contributed by atoms with van der Waals surface area (Å²) in [6.07, 6.45) is 0. The second-order valence-corrected chi connectivity index (χ2v) is 7.14. The predicted molar refractivity (Wildman–Crippen MR) is 109 cm³/mol. The molecule has 2 heterocycles. The normalized spacial score (nSPS) is 12.8. The fourth-order valence-electron chi connectivity index (χ4n) is 3.28. The Morgan fingerprint density at radius 1 is 1.07 bits per heavy atom. The minimum absolute atomic E-state index is 0.0895. The maximum Gasteiger partial charge on any atom is 0.226 e. The number of anilines is 1. The van der Waals surface area contributed by atoms with E-state index in [0.717, 1.165) is 27.1 Å². The average Bonchev–Trinajstić information content (AvgIpc) is 3.05. The van der Waals surface area contributed by atoms with Gasteiger partial charge in [0.1, 0.15) is 5.82 Å². The molecule has 27 heavy (non-hydrogen) atoms. The van der Waals surface area contributed by atoms with Gasteiger partial charge in [-0.1, -0.05) is 41.9 Å². The molecule has 0 radical (unpaired) electrons. The van der Waals surface area contributed by atoms with Gasteiger partial charge in [0.25, 0.3) is 0 Å². The molecule has 0 aliphatic carbocycles. The fourth-order valence-corrected chi connectivity index (χ4v) is 3.54. The van der Waals surface area contributed by atoms with Crippen LogP contribution in [0.25, 0.3) is 16.6 Å². The van der Waals surface area contributed by atoms with Crippen LogP contribution in [-0.4, -0.2) is 45.1 Å². The van der Waals surface area contributed by atoms with Crippen molar-refractivity contribution >= 4 is 34.1 Å². The molecule has 2 aromatic heterocycles. The molecule has 1 atom stereocenters. The number of nitrogens with one attached hydrogen (secondary N) is 1. The van der Waals surface area contributed by atoms with E-state index in [1.165, 1.54) is 0 Å². The Labute approximate surface area is 162 Å². The van der Waals surface area contributed by atoms with Crippen molar-refractivity contribution in [2.24, 2.45) is 0 Å². The number of hydrogen-bond donors (Lipinski definition) is 1. The Morgan fingerprint density at radius 3 is 2.59 bits per heavy atom. The van der Waals surface area contributed by atoms with E-state index in [4.69, 9.17) is 16.6 Å². The van der Waals surface area contributed by atoms with E-state index in [1.54, 1.807) is 4.52 Å². The molecule has 0 aliphatic rings. The van der Waals surface area contributed by atoms with Crippen molar-refractivity contribution in [3.05, 3.63) is 64.9 Å². The first-order valence-electron chi connectivity index (χ1n) is 8.81. The van der Waals surface area contributed by atoms with E-state index >= 15 is 0 Å². The smallest absolute Gasteiger partial charge is 0.226 e. The first-order chi connectivity index (χ1) is 13.0. The van der Waals surface area contributed by atoms with Crippen LogP contribution < -0.4 is 5.32 Å². The lowest BCUT2D eigenvalue weighted by Crippen LogP contribution is -2.28. The number of likely N-dealkylation sites (N-methyl/N-ethyl adjacent to an activating group) is 1. The van der Waals surface area contributed by atoms with Gasteiger partial charge in [-0.2, -0.15) is 4.52 Å². The SMILES string of the molecule is Cc1nc2c3ccccc3nc(NCC(c3ccccc3Cl)N(C)C)n2n1. The van der Waals surface area contributed by atoms with Gasteiger partial charge >= 0.3 is 0 Å². The van der Waals surface area contributed by atoms with E-state index in [0.29, 0.717) is 18.3 Å². The Morgan fingerprint density at radius 2 is 1.81 bits per heavy atom. The van der Waals surface area contributed by atoms with Crippen molar-refractivity contribution in [1.29, 1.82) is 0 Å². The number of fused-ring (bicyclic) bond motifs is 3. The Kier molecular flexibility index (Phi) is 4.68. The summed E-state index contributed by atoms with van der Waals surface area (Å²) in [5.41, 5.74) is 2.77. The summed E-state index contributed by atoms with van der Waals surface area (Å²) in [5, 5.41) is 9.71. The van der Waals surface area contributed by atoms with Crippen LogP contribution in [0.15, 0.2) is 48.5 Å². The minimum atomic E-state index is 0.0895. The summed E-state index contributed by atoms with van der Waals surface area (Å²) in [5.74, 6) is 1.38. The van der Waals surface area contributed by atoms with Crippen LogP contribution in [0.1, 0.15) is 17.4 Å². The molecule has 4 aromatic rings. The van der Waals surface area contributed by atoms with Crippen LogP contribution in [0.4, 0.5) is 5.95 Å². The molecule has 6 nitrogen and oxygen atoms in total. The highest BCUT2D eigenvalue weighted by Crippen LogP contribution is 2.27. The zero-order valence-electron chi connectivity index (χ0n) is 15.5. The number of aromatic nitrogens is 4. The molecule has 0 spiro atoms. The van der Waals surface area contributed by atoms with Crippen molar-refractivity contribution in [2.75, 3.05) is 26.0 Å². The number of rotatable bonds is 5. The van der Waals surface area contributed by atoms with Gasteiger partial charge in [0.05, 0.1) is 11.6 Å². The molecule has 0 saturated carbocycles. The molecule has 1 N–H and O–H groups in total. The Balaban J connectivity index is 1.73. The van der Waals surface area contributed by atoms with E-state index < -0.39 is 0 Å². The molecule has 0 saturated heterocycles. The lowest BCUT2D eigenvalue weighted by atomic mass is 10.1. The first-order valence-corrected chi connectivity index (χ1v) is 9.19. The molecular weight excluding hydrogens is 360 g/mol. The molecule has 2 aromatic carbocycles. The Hall–Kier alpha value is -2.70. The third-order valence-electron chi connectivity index (χ3n) is 4.63. The van der Waals surface area contributed by atoms with Gasteiger partial charge in [-0.05, 0) is 44.8 Å². The van der Waals surface area contributed by atoms with Crippen LogP contribution in [0, 0.1) is 6.92 Å². The van der Waals surface area contributed by atoms with E-state index in [2.05, 4.69) is 26.4 Å². The zero-order chi connectivity index (χ0) is 19.0. The third kappa shape index (κ3) is 3.34. The number of benzene rings is 2. The van der Waals surface area contributed by atoms with Crippen molar-refractivity contribution < 1.29 is 0 Å². The highest BCUT2D eigenvalue weighted by atomic mass is 35.5. The molecule has 0 amide bonds. The maximum atomic E-state index is 6.42. The number of hydrogen-bond acceptors (Lipinski definition) is 5. The summed E-state index contributed by atoms with van der Waals surface area (Å²) >= 11 is 6.42. The van der Waals surface area contributed by atoms with Crippen molar-refractivity contribution in [3.8, 4) is 0 Å². The number of halogens is 1. The van der Waals surface area contributed by atoms with E-state index in [9.17, 15) is 0 Å². The summed E-state index contributed by atoms with van der Waals surface area (Å²) in [7, 11) is 4.08. The van der Waals surface area contributed by atoms with Crippen LogP contribution >= 0.6 is 11.6 Å². The van der Waals surface area contributed by atoms with Crippen LogP contribution in [0.5, 0.6) is 0 Å². The molecule has 0 bridgehead atoms. The largest absolute Gasteiger partial charge is 0.352 e. The number of aryl methyl sites for hydroxylation is 1. The van der Waals surface area contributed by atoms with Gasteiger partial charge in [0, 0.05) is 17.0 Å². The summed E-state index contributed by atoms with van der Waals surface area (Å²) < 4.78 is 1.77. The van der Waals surface area contributed by atoms with Gasteiger partial charge in [-0.3, -0.25) is 0 Å². The van der Waals surface area contributed by atoms with E-state index in [1.807, 2.05) is 63.5 Å². The summed E-state index contributed by atoms with van der Waals surface area (Å²) in [6, 6.07) is 16.0. The predicted octanol–water partition coefficient (Wildman–Crippen LogP) is 3.95. The van der Waals surface area contributed by atoms with Crippen LogP contribution in [0.3, 0.4) is 0 Å². The second-order valence-electron chi connectivity index (χ2n) is 6.73. The van der Waals surface area contributed by atoms with Gasteiger partial charge in [-0.15, -0.1) is 5.10 Å². The summed E-state index contributed by atoms with van der Waals surface area (Å²) in [6.45, 7) is 2.52. The Bertz CT molecular complexity index is 1100. The van der Waals surface area contributed by atoms with Crippen LogP contribution in [0.2, 0.25) is 5.02 Å². The average molecular weight is 381 g/mol. The second kappa shape index (κ2) is 7.13. The van der Waals surface area contributed by atoms with Gasteiger partial charge in [-0.25, -0.2) is 9.97 Å². The number of nitrogens with zero attached hydrogens (tertiary/aromatic N) is 5. The molecular formula is C20H21ClN6. The highest BCUT2D eigenvalue weighted by Gasteiger charge is 2.18. The fraction of sp³-hybridized carbons (Fsp3) is 0.250. The number of para-hydroxylation sites is 1. The highest BCUT2D eigenvalue weighted by molar-refractivity contribution is 6.31. The molecule has 4 rings (SSSR count). The minimum Gasteiger partial charge on any atom is -0.352 e. The monoisotopic (exact) mass is 380 g/mol.